The van der Waals surface area contributed by atoms with Crippen LogP contribution < -0.4 is 14.4 Å². The summed E-state index contributed by atoms with van der Waals surface area (Å²) >= 11 is 0. The maximum Gasteiger partial charge on any atom is 0.266 e. The van der Waals surface area contributed by atoms with E-state index in [0.29, 0.717) is 19.0 Å². The number of anilines is 1. The average Bonchev–Trinajstić information content (AvgIpc) is 3.42. The molecule has 0 radical (unpaired) electrons. The number of benzene rings is 2. The van der Waals surface area contributed by atoms with Gasteiger partial charge in [0.2, 0.25) is 5.95 Å². The van der Waals surface area contributed by atoms with Crippen LogP contribution in [-0.4, -0.2) is 24.2 Å². The fourth-order valence-corrected chi connectivity index (χ4v) is 4.14. The molecular formula is C26H28N4O2. The number of hydrogen-bond acceptors (Lipinski definition) is 5. The minimum atomic E-state index is -0.498. The van der Waals surface area contributed by atoms with Gasteiger partial charge in [0.1, 0.15) is 11.5 Å². The molecule has 0 spiro atoms. The Hall–Kier alpha value is -3.59. The highest BCUT2D eigenvalue weighted by molar-refractivity contribution is 5.42. The van der Waals surface area contributed by atoms with E-state index in [2.05, 4.69) is 57.8 Å². The molecule has 1 unspecified atom stereocenters. The second-order valence-electron chi connectivity index (χ2n) is 8.86. The average molecular weight is 429 g/mol. The molecule has 164 valence electrons. The van der Waals surface area contributed by atoms with Crippen molar-refractivity contribution in [2.24, 2.45) is 5.41 Å². The largest absolute Gasteiger partial charge is 0.497 e. The van der Waals surface area contributed by atoms with Crippen LogP contribution >= 0.6 is 0 Å². The number of aromatic nitrogens is 2. The van der Waals surface area contributed by atoms with Crippen LogP contribution in [0.5, 0.6) is 11.5 Å². The predicted molar refractivity (Wildman–Crippen MR) is 125 cm³/mol. The van der Waals surface area contributed by atoms with Crippen LogP contribution in [0.3, 0.4) is 0 Å². The molecule has 1 atom stereocenters. The fraction of sp³-hybridized carbons (Fsp3) is 0.346. The smallest absolute Gasteiger partial charge is 0.266 e. The van der Waals surface area contributed by atoms with Crippen molar-refractivity contribution in [3.05, 3.63) is 89.0 Å². The Kier molecular flexibility index (Phi) is 5.75. The Morgan fingerprint density at radius 3 is 1.66 bits per heavy atom. The molecule has 1 fully saturated rings. The minimum absolute atomic E-state index is 0.0362. The molecule has 4 rings (SSSR count). The van der Waals surface area contributed by atoms with Crippen molar-refractivity contribution in [1.29, 1.82) is 0 Å². The van der Waals surface area contributed by atoms with E-state index in [4.69, 9.17) is 16.0 Å². The molecule has 6 heteroatoms. The first-order valence-electron chi connectivity index (χ1n) is 10.6. The SMILES string of the molecule is [C-]#[N+]C1(c2cnc(N(Cc3ccc(OC)cc3)Cc3ccc(OC)cc3)nc2)CC1(C)C. The first kappa shape index (κ1) is 21.6. The van der Waals surface area contributed by atoms with Crippen LogP contribution in [0.25, 0.3) is 4.85 Å². The molecule has 1 aromatic heterocycles. The van der Waals surface area contributed by atoms with E-state index in [9.17, 15) is 0 Å². The zero-order chi connectivity index (χ0) is 22.8. The van der Waals surface area contributed by atoms with E-state index >= 15 is 0 Å². The van der Waals surface area contributed by atoms with Crippen molar-refractivity contribution < 1.29 is 9.47 Å². The van der Waals surface area contributed by atoms with Gasteiger partial charge in [0.25, 0.3) is 5.54 Å². The molecule has 0 N–H and O–H groups in total. The zero-order valence-corrected chi connectivity index (χ0v) is 19.0. The van der Waals surface area contributed by atoms with Crippen molar-refractivity contribution in [3.63, 3.8) is 0 Å². The third-order valence-corrected chi connectivity index (χ3v) is 6.35. The Balaban J connectivity index is 1.61. The van der Waals surface area contributed by atoms with Gasteiger partial charge in [-0.15, -0.1) is 0 Å². The number of nitrogens with zero attached hydrogens (tertiary/aromatic N) is 4. The van der Waals surface area contributed by atoms with Gasteiger partial charge in [0.05, 0.1) is 25.2 Å². The summed E-state index contributed by atoms with van der Waals surface area (Å²) in [5.74, 6) is 2.29. The molecular weight excluding hydrogens is 400 g/mol. The molecule has 1 saturated carbocycles. The van der Waals surface area contributed by atoms with E-state index in [1.807, 2.05) is 36.7 Å². The number of methoxy groups -OCH3 is 2. The van der Waals surface area contributed by atoms with Gasteiger partial charge in [-0.25, -0.2) is 16.5 Å². The van der Waals surface area contributed by atoms with Crippen LogP contribution in [0.4, 0.5) is 5.95 Å². The Morgan fingerprint density at radius 1 is 0.875 bits per heavy atom. The maximum atomic E-state index is 7.70. The second-order valence-corrected chi connectivity index (χ2v) is 8.86. The molecule has 0 bridgehead atoms. The Morgan fingerprint density at radius 2 is 1.31 bits per heavy atom. The summed E-state index contributed by atoms with van der Waals surface area (Å²) in [5.41, 5.74) is 2.63. The number of hydrogen-bond donors (Lipinski definition) is 0. The summed E-state index contributed by atoms with van der Waals surface area (Å²) in [7, 11) is 3.33. The highest BCUT2D eigenvalue weighted by Gasteiger charge is 2.71. The quantitative estimate of drug-likeness (QED) is 0.459. The summed E-state index contributed by atoms with van der Waals surface area (Å²) < 4.78 is 10.6. The molecule has 3 aromatic rings. The van der Waals surface area contributed by atoms with Crippen molar-refractivity contribution in [3.8, 4) is 11.5 Å². The zero-order valence-electron chi connectivity index (χ0n) is 19.0. The van der Waals surface area contributed by atoms with E-state index < -0.39 is 5.54 Å². The van der Waals surface area contributed by atoms with Gasteiger partial charge < -0.3 is 19.2 Å². The topological polar surface area (TPSA) is 51.8 Å². The van der Waals surface area contributed by atoms with Gasteiger partial charge in [-0.2, -0.15) is 0 Å². The molecule has 1 aliphatic carbocycles. The fourth-order valence-electron chi connectivity index (χ4n) is 4.14. The molecule has 1 aliphatic rings. The lowest BCUT2D eigenvalue weighted by Gasteiger charge is -2.23. The second kappa shape index (κ2) is 8.51. The van der Waals surface area contributed by atoms with Crippen LogP contribution in [-0.2, 0) is 18.6 Å². The predicted octanol–water partition coefficient (Wildman–Crippen LogP) is 5.25. The highest BCUT2D eigenvalue weighted by atomic mass is 16.5. The van der Waals surface area contributed by atoms with Crippen molar-refractivity contribution in [2.75, 3.05) is 19.1 Å². The van der Waals surface area contributed by atoms with Gasteiger partial charge in [-0.05, 0) is 35.4 Å². The van der Waals surface area contributed by atoms with Crippen LogP contribution in [0.2, 0.25) is 0 Å². The molecule has 0 saturated heterocycles. The molecule has 1 heterocycles. The summed E-state index contributed by atoms with van der Waals surface area (Å²) in [5, 5.41) is 0. The van der Waals surface area contributed by atoms with E-state index in [0.717, 1.165) is 34.6 Å². The molecule has 0 aliphatic heterocycles. The van der Waals surface area contributed by atoms with Crippen LogP contribution in [0.1, 0.15) is 37.0 Å². The first-order valence-corrected chi connectivity index (χ1v) is 10.6. The van der Waals surface area contributed by atoms with E-state index in [1.165, 1.54) is 0 Å². The van der Waals surface area contributed by atoms with Gasteiger partial charge in [0.15, 0.2) is 0 Å². The third kappa shape index (κ3) is 4.11. The molecule has 2 aromatic carbocycles. The monoisotopic (exact) mass is 428 g/mol. The molecule has 6 nitrogen and oxygen atoms in total. The highest BCUT2D eigenvalue weighted by Crippen LogP contribution is 2.65. The van der Waals surface area contributed by atoms with Gasteiger partial charge in [-0.3, -0.25) is 0 Å². The van der Waals surface area contributed by atoms with Gasteiger partial charge >= 0.3 is 0 Å². The van der Waals surface area contributed by atoms with E-state index in [1.54, 1.807) is 14.2 Å². The number of rotatable bonds is 8. The lowest BCUT2D eigenvalue weighted by Crippen LogP contribution is -2.24. The first-order chi connectivity index (χ1) is 15.4. The normalized spacial score (nSPS) is 18.5. The van der Waals surface area contributed by atoms with Crippen molar-refractivity contribution >= 4 is 5.95 Å². The number of ether oxygens (including phenoxy) is 2. The summed E-state index contributed by atoms with van der Waals surface area (Å²) in [6, 6.07) is 16.0. The van der Waals surface area contributed by atoms with Gasteiger partial charge in [0, 0.05) is 31.9 Å². The van der Waals surface area contributed by atoms with Crippen molar-refractivity contribution in [1.82, 2.24) is 9.97 Å². The third-order valence-electron chi connectivity index (χ3n) is 6.35. The summed E-state index contributed by atoms with van der Waals surface area (Å²) in [4.78, 5) is 15.4. The minimum Gasteiger partial charge on any atom is -0.497 e. The van der Waals surface area contributed by atoms with Gasteiger partial charge in [-0.1, -0.05) is 38.1 Å². The Bertz CT molecular complexity index is 1050. The van der Waals surface area contributed by atoms with Crippen LogP contribution in [0, 0.1) is 12.0 Å². The summed E-state index contributed by atoms with van der Waals surface area (Å²) in [6.07, 6.45) is 4.49. The standard InChI is InChI=1S/C26H28N4O2/c1-25(2)18-26(25,27-3)21-14-28-24(29-15-21)30(16-19-6-10-22(31-4)11-7-19)17-20-8-12-23(32-5)13-9-20/h6-15H,16-18H2,1-2,4-5H3. The lowest BCUT2D eigenvalue weighted by molar-refractivity contribution is 0.414. The summed E-state index contributed by atoms with van der Waals surface area (Å²) in [6.45, 7) is 13.2. The lowest BCUT2D eigenvalue weighted by atomic mass is 10.00. The Labute approximate surface area is 189 Å². The van der Waals surface area contributed by atoms with Crippen LogP contribution in [0.15, 0.2) is 60.9 Å². The van der Waals surface area contributed by atoms with E-state index in [-0.39, 0.29) is 5.41 Å². The molecule has 32 heavy (non-hydrogen) atoms. The molecule has 0 amide bonds. The van der Waals surface area contributed by atoms with Crippen molar-refractivity contribution in [2.45, 2.75) is 38.9 Å². The maximum absolute atomic E-state index is 7.70.